The third-order valence-corrected chi connectivity index (χ3v) is 4.85. The van der Waals surface area contributed by atoms with Gasteiger partial charge in [-0.1, -0.05) is 20.8 Å². The zero-order chi connectivity index (χ0) is 22.3. The Morgan fingerprint density at radius 1 is 1.03 bits per heavy atom. The molecule has 10 nitrogen and oxygen atoms in total. The quantitative estimate of drug-likeness (QED) is 0.301. The van der Waals surface area contributed by atoms with Gasteiger partial charge in [0.15, 0.2) is 0 Å². The molecule has 2 aliphatic heterocycles. The van der Waals surface area contributed by atoms with Crippen LogP contribution in [0.1, 0.15) is 59.3 Å². The van der Waals surface area contributed by atoms with Crippen LogP contribution in [0.3, 0.4) is 0 Å². The normalized spacial score (nSPS) is 19.8. The summed E-state index contributed by atoms with van der Waals surface area (Å²) in [6.07, 6.45) is 1.79. The zero-order valence-electron chi connectivity index (χ0n) is 18.0. The largest absolute Gasteiger partial charge is 0.355 e. The Balaban J connectivity index is 1.60. The van der Waals surface area contributed by atoms with Gasteiger partial charge in [-0.25, -0.2) is 4.79 Å². The van der Waals surface area contributed by atoms with Crippen molar-refractivity contribution in [3.8, 4) is 0 Å². The number of hydrogen-bond acceptors (Lipinski definition) is 7. The van der Waals surface area contributed by atoms with Crippen LogP contribution in [-0.4, -0.2) is 71.8 Å². The Kier molecular flexibility index (Phi) is 8.33. The molecule has 2 heterocycles. The summed E-state index contributed by atoms with van der Waals surface area (Å²) in [5.41, 5.74) is 0.110. The standard InChI is InChI=1S/C20H32N4O6/c1-20(2,3)13-23-12-4-5-14(23)19(29)22-10-8-15(25)21-11-9-18(28)30-24-16(26)6-7-17(24)27/h14H,4-13H2,1-3H3,(H,21,25)(H,22,29)/i8+1,10+1,13+1,14+1,15+1,18+1,20+1,21+1,22+1. The van der Waals surface area contributed by atoms with Gasteiger partial charge in [0.2, 0.25) is 11.8 Å². The van der Waals surface area contributed by atoms with Gasteiger partial charge < -0.3 is 15.5 Å². The van der Waals surface area contributed by atoms with E-state index in [2.05, 4.69) is 36.3 Å². The van der Waals surface area contributed by atoms with Gasteiger partial charge >= 0.3 is 5.97 Å². The highest BCUT2D eigenvalue weighted by Crippen LogP contribution is 2.23. The second kappa shape index (κ2) is 10.5. The van der Waals surface area contributed by atoms with Crippen molar-refractivity contribution in [2.45, 2.75) is 65.3 Å². The predicted molar refractivity (Wildman–Crippen MR) is 106 cm³/mol. The van der Waals surface area contributed by atoms with E-state index in [0.29, 0.717) is 5.06 Å². The Morgan fingerprint density at radius 3 is 2.30 bits per heavy atom. The molecule has 1 atom stereocenters. The van der Waals surface area contributed by atoms with Gasteiger partial charge in [0, 0.05) is 38.9 Å². The Morgan fingerprint density at radius 2 is 1.67 bits per heavy atom. The van der Waals surface area contributed by atoms with Crippen LogP contribution < -0.4 is 10.6 Å². The molecule has 0 spiro atoms. The molecule has 0 bridgehead atoms. The van der Waals surface area contributed by atoms with Gasteiger partial charge in [-0.15, -0.1) is 5.06 Å². The van der Waals surface area contributed by atoms with Gasteiger partial charge in [0.1, 0.15) is 0 Å². The lowest BCUT2D eigenvalue weighted by atomic mass is 10.4. The van der Waals surface area contributed by atoms with Crippen LogP contribution >= 0.6 is 0 Å². The third-order valence-electron chi connectivity index (χ3n) is 4.85. The summed E-state index contributed by atoms with van der Waals surface area (Å²) in [5.74, 6) is -2.23. The summed E-state index contributed by atoms with van der Waals surface area (Å²) in [6, 6.07) is -0.155. The monoisotopic (exact) mass is 433 g/mol. The highest BCUT2D eigenvalue weighted by atomic mass is 16.8. The summed E-state index contributed by atoms with van der Waals surface area (Å²) in [5, 5.41) is 5.85. The van der Waals surface area contributed by atoms with Crippen LogP contribution in [-0.2, 0) is 28.8 Å². The van der Waals surface area contributed by atoms with E-state index in [0.717, 1.165) is 25.9 Å². The minimum Gasteiger partial charge on any atom is -0.355 e. The van der Waals surface area contributed by atoms with E-state index < -0.39 is 17.8 Å². The number of carbonyl (C=O) groups excluding carboxylic acids is 5. The first-order valence-corrected chi connectivity index (χ1v) is 10.4. The lowest BCUT2D eigenvalue weighted by Crippen LogP contribution is -2.46. The fourth-order valence-corrected chi connectivity index (χ4v) is 3.54. The number of nitrogens with zero attached hydrogens (tertiary/aromatic N) is 2. The molecule has 0 aromatic heterocycles. The van der Waals surface area contributed by atoms with E-state index in [1.807, 2.05) is 0 Å². The van der Waals surface area contributed by atoms with E-state index in [1.165, 1.54) is 0 Å². The van der Waals surface area contributed by atoms with Crippen molar-refractivity contribution < 1.29 is 28.8 Å². The number of imide groups is 1. The number of amides is 4. The van der Waals surface area contributed by atoms with Crippen molar-refractivity contribution in [3.63, 3.8) is 0 Å². The Hall–Kier alpha value is -2.49. The van der Waals surface area contributed by atoms with Gasteiger partial charge in [-0.3, -0.25) is 24.1 Å². The fourth-order valence-electron chi connectivity index (χ4n) is 3.54. The predicted octanol–water partition coefficient (Wildman–Crippen LogP) is 0.117. The average molecular weight is 433 g/mol. The molecule has 2 aliphatic rings. The second-order valence-electron chi connectivity index (χ2n) is 8.88. The smallest absolute Gasteiger partial charge is 0.334 e. The molecule has 4 amide bonds. The fraction of sp³-hybridized carbons (Fsp3) is 0.750. The molecule has 2 saturated heterocycles. The first-order valence-electron chi connectivity index (χ1n) is 10.4. The number of carbonyl (C=O) groups is 5. The van der Waals surface area contributed by atoms with E-state index in [-0.39, 0.29) is 62.0 Å². The minimum atomic E-state index is -0.771. The highest BCUT2D eigenvalue weighted by molar-refractivity contribution is 6.01. The van der Waals surface area contributed by atoms with Gasteiger partial charge in [0.25, 0.3) is 11.8 Å². The summed E-state index contributed by atoms with van der Waals surface area (Å²) >= 11 is 0. The van der Waals surface area contributed by atoms with Crippen LogP contribution in [0.2, 0.25) is 0 Å². The summed E-state index contributed by atoms with van der Waals surface area (Å²) in [4.78, 5) is 65.7. The summed E-state index contributed by atoms with van der Waals surface area (Å²) in [7, 11) is 0. The number of rotatable bonds is 9. The first-order chi connectivity index (χ1) is 14.1. The zero-order valence-corrected chi connectivity index (χ0v) is 18.0. The molecule has 0 aromatic rings. The van der Waals surface area contributed by atoms with E-state index >= 15 is 0 Å². The van der Waals surface area contributed by atoms with Crippen molar-refractivity contribution in [2.24, 2.45) is 5.41 Å². The van der Waals surface area contributed by atoms with Crippen LogP contribution in [0.25, 0.3) is 0 Å². The molecule has 10 heteroatoms. The maximum atomic E-state index is 12.4. The molecular weight excluding hydrogens is 401 g/mol. The maximum Gasteiger partial charge on any atom is 0.334 e. The maximum absolute atomic E-state index is 12.4. The molecule has 168 valence electrons. The molecule has 2 N–H and O–H groups in total. The molecule has 0 aliphatic carbocycles. The third kappa shape index (κ3) is 7.40. The lowest BCUT2D eigenvalue weighted by Gasteiger charge is -2.30. The molecule has 0 radical (unpaired) electrons. The lowest BCUT2D eigenvalue weighted by molar-refractivity contribution is -0.197. The van der Waals surface area contributed by atoms with Crippen molar-refractivity contribution in [1.82, 2.24) is 20.6 Å². The van der Waals surface area contributed by atoms with E-state index in [4.69, 9.17) is 4.84 Å². The van der Waals surface area contributed by atoms with Crippen molar-refractivity contribution in [3.05, 3.63) is 0 Å². The second-order valence-corrected chi connectivity index (χ2v) is 8.88. The van der Waals surface area contributed by atoms with E-state index in [1.54, 1.807) is 0 Å². The number of likely N-dealkylation sites (tertiary alicyclic amines) is 1. The van der Waals surface area contributed by atoms with Crippen LogP contribution in [0.15, 0.2) is 0 Å². The van der Waals surface area contributed by atoms with Crippen molar-refractivity contribution in [2.75, 3.05) is 26.2 Å². The average Bonchev–Trinajstić information content (AvgIpc) is 3.21. The molecular formula is C20H32N4O6. The Labute approximate surface area is 176 Å². The van der Waals surface area contributed by atoms with Gasteiger partial charge in [0.05, 0.1) is 12.5 Å². The highest BCUT2D eigenvalue weighted by Gasteiger charge is 2.33. The molecule has 0 aromatic carbocycles. The molecule has 2 rings (SSSR count). The first kappa shape index (κ1) is 23.8. The SMILES string of the molecule is C[13C](C)(C)[13CH2]N1CCC[13CH]1C(=O)[15NH][13CH2][13CH2][13C](=O)[15NH]CC[13C](=O)ON1C(=O)CCC1=O. The van der Waals surface area contributed by atoms with Crippen molar-refractivity contribution in [1.29, 1.82) is 0 Å². The molecule has 1 unspecified atom stereocenters. The molecule has 2 fully saturated rings. The van der Waals surface area contributed by atoms with Crippen molar-refractivity contribution >= 4 is 29.6 Å². The number of nitrogens with one attached hydrogen (secondary N) is 2. The van der Waals surface area contributed by atoms with Crippen LogP contribution in [0, 0.1) is 5.41 Å². The topological polar surface area (TPSA) is 125 Å². The number of hydrogen-bond donors (Lipinski definition) is 2. The van der Waals surface area contributed by atoms with Gasteiger partial charge in [-0.05, 0) is 24.8 Å². The molecule has 30 heavy (non-hydrogen) atoms. The summed E-state index contributed by atoms with van der Waals surface area (Å²) in [6.45, 7) is 8.40. The molecule has 0 saturated carbocycles. The number of hydroxylamine groups is 2. The Bertz CT molecular complexity index is 671. The minimum absolute atomic E-state index is 0.0177. The van der Waals surface area contributed by atoms with E-state index in [9.17, 15) is 24.0 Å². The summed E-state index contributed by atoms with van der Waals surface area (Å²) < 4.78 is 0. The van der Waals surface area contributed by atoms with Crippen LogP contribution in [0.4, 0.5) is 0 Å². The van der Waals surface area contributed by atoms with Gasteiger partial charge in [-0.2, -0.15) is 0 Å². The van der Waals surface area contributed by atoms with Crippen LogP contribution in [0.5, 0.6) is 0 Å².